The normalized spacial score (nSPS) is 10.4. The predicted octanol–water partition coefficient (Wildman–Crippen LogP) is 4.96. The molecule has 2 aromatic carbocycles. The van der Waals surface area contributed by atoms with Gasteiger partial charge in [0.1, 0.15) is 5.75 Å². The van der Waals surface area contributed by atoms with E-state index in [1.165, 1.54) is 12.1 Å². The lowest BCUT2D eigenvalue weighted by Crippen LogP contribution is -1.93. The van der Waals surface area contributed by atoms with Crippen LogP contribution >= 0.6 is 15.9 Å². The molecule has 2 aromatic rings. The van der Waals surface area contributed by atoms with Gasteiger partial charge in [0.25, 0.3) is 0 Å². The van der Waals surface area contributed by atoms with E-state index in [2.05, 4.69) is 15.9 Å². The third-order valence-electron chi connectivity index (χ3n) is 2.60. The summed E-state index contributed by atoms with van der Waals surface area (Å²) in [6.07, 6.45) is 0. The number of rotatable bonds is 3. The average Bonchev–Trinajstić information content (AvgIpc) is 2.35. The smallest absolute Gasteiger partial charge is 0.201 e. The minimum Gasteiger partial charge on any atom is -0.454 e. The number of hydrogen-bond acceptors (Lipinski definition) is 1. The molecule has 0 atom stereocenters. The second-order valence-corrected chi connectivity index (χ2v) is 4.44. The Bertz CT molecular complexity index is 570. The molecule has 0 heterocycles. The Morgan fingerprint density at radius 2 is 1.94 bits per heavy atom. The molecule has 0 bridgehead atoms. The summed E-state index contributed by atoms with van der Waals surface area (Å²) in [7, 11) is 0. The van der Waals surface area contributed by atoms with Gasteiger partial charge in [0.15, 0.2) is 11.6 Å². The Balaban J connectivity index is 2.29. The second-order valence-electron chi connectivity index (χ2n) is 3.88. The molecule has 4 heteroatoms. The Morgan fingerprint density at radius 1 is 1.17 bits per heavy atom. The van der Waals surface area contributed by atoms with Crippen LogP contribution in [0.4, 0.5) is 8.78 Å². The van der Waals surface area contributed by atoms with Crippen LogP contribution in [0.25, 0.3) is 0 Å². The van der Waals surface area contributed by atoms with E-state index in [9.17, 15) is 8.78 Å². The van der Waals surface area contributed by atoms with Crippen molar-refractivity contribution in [2.45, 2.75) is 12.3 Å². The van der Waals surface area contributed by atoms with Crippen molar-refractivity contribution < 1.29 is 13.5 Å². The molecule has 18 heavy (non-hydrogen) atoms. The van der Waals surface area contributed by atoms with Crippen LogP contribution < -0.4 is 4.74 Å². The van der Waals surface area contributed by atoms with E-state index in [4.69, 9.17) is 4.74 Å². The molecule has 0 saturated heterocycles. The predicted molar refractivity (Wildman–Crippen MR) is 70.2 cm³/mol. The molecule has 0 N–H and O–H groups in total. The van der Waals surface area contributed by atoms with Gasteiger partial charge in [-0.15, -0.1) is 0 Å². The first-order chi connectivity index (χ1) is 8.61. The van der Waals surface area contributed by atoms with E-state index in [0.717, 1.165) is 22.5 Å². The van der Waals surface area contributed by atoms with Crippen molar-refractivity contribution in [3.05, 3.63) is 59.2 Å². The number of halogens is 3. The summed E-state index contributed by atoms with van der Waals surface area (Å²) in [6.45, 7) is 1.94. The quantitative estimate of drug-likeness (QED) is 0.728. The highest BCUT2D eigenvalue weighted by atomic mass is 79.9. The zero-order valence-corrected chi connectivity index (χ0v) is 11.3. The Morgan fingerprint density at radius 3 is 2.61 bits per heavy atom. The van der Waals surface area contributed by atoms with Crippen molar-refractivity contribution in [3.8, 4) is 11.5 Å². The second kappa shape index (κ2) is 5.48. The van der Waals surface area contributed by atoms with Crippen molar-refractivity contribution in [1.82, 2.24) is 0 Å². The SMILES string of the molecule is Cc1cc(Oc2cccc(F)c2F)ccc1CBr. The number of hydrogen-bond donors (Lipinski definition) is 0. The molecule has 0 spiro atoms. The molecular weight excluding hydrogens is 302 g/mol. The van der Waals surface area contributed by atoms with Crippen molar-refractivity contribution in [2.75, 3.05) is 0 Å². The Labute approximate surface area is 113 Å². The van der Waals surface area contributed by atoms with E-state index < -0.39 is 11.6 Å². The largest absolute Gasteiger partial charge is 0.454 e. The zero-order valence-electron chi connectivity index (χ0n) is 9.71. The van der Waals surface area contributed by atoms with Gasteiger partial charge in [-0.2, -0.15) is 4.39 Å². The van der Waals surface area contributed by atoms with Gasteiger partial charge in [-0.1, -0.05) is 28.1 Å². The van der Waals surface area contributed by atoms with E-state index in [1.807, 2.05) is 13.0 Å². The standard InChI is InChI=1S/C14H11BrF2O/c1-9-7-11(6-5-10(9)8-15)18-13-4-2-3-12(16)14(13)17/h2-7H,8H2,1H3. The maximum absolute atomic E-state index is 13.4. The van der Waals surface area contributed by atoms with Crippen LogP contribution in [0.15, 0.2) is 36.4 Å². The minimum absolute atomic E-state index is 0.110. The minimum atomic E-state index is -0.972. The third-order valence-corrected chi connectivity index (χ3v) is 3.21. The molecule has 1 nitrogen and oxygen atoms in total. The highest BCUT2D eigenvalue weighted by Gasteiger charge is 2.10. The highest BCUT2D eigenvalue weighted by Crippen LogP contribution is 2.27. The fourth-order valence-electron chi connectivity index (χ4n) is 1.57. The summed E-state index contributed by atoms with van der Waals surface area (Å²) >= 11 is 3.37. The Hall–Kier alpha value is -1.42. The van der Waals surface area contributed by atoms with Gasteiger partial charge in [0.05, 0.1) is 0 Å². The first-order valence-corrected chi connectivity index (χ1v) is 6.51. The van der Waals surface area contributed by atoms with E-state index in [-0.39, 0.29) is 5.75 Å². The molecule has 0 saturated carbocycles. The van der Waals surface area contributed by atoms with Crippen molar-refractivity contribution >= 4 is 15.9 Å². The van der Waals surface area contributed by atoms with Crippen molar-refractivity contribution in [3.63, 3.8) is 0 Å². The molecular formula is C14H11BrF2O. The monoisotopic (exact) mass is 312 g/mol. The summed E-state index contributed by atoms with van der Waals surface area (Å²) in [6, 6.07) is 9.27. The summed E-state index contributed by atoms with van der Waals surface area (Å²) in [4.78, 5) is 0. The molecule has 0 aliphatic heterocycles. The molecule has 0 amide bonds. The summed E-state index contributed by atoms with van der Waals surface area (Å²) in [5, 5.41) is 0.743. The maximum atomic E-state index is 13.4. The van der Waals surface area contributed by atoms with Crippen LogP contribution in [0, 0.1) is 18.6 Å². The van der Waals surface area contributed by atoms with E-state index in [0.29, 0.717) is 5.75 Å². The first kappa shape index (κ1) is 13.0. The van der Waals surface area contributed by atoms with E-state index in [1.54, 1.807) is 12.1 Å². The summed E-state index contributed by atoms with van der Waals surface area (Å²) < 4.78 is 31.8. The molecule has 94 valence electrons. The molecule has 0 unspecified atom stereocenters. The number of ether oxygens (including phenoxy) is 1. The fourth-order valence-corrected chi connectivity index (χ4v) is 2.20. The zero-order chi connectivity index (χ0) is 13.1. The van der Waals surface area contributed by atoms with Crippen LogP contribution in [0.2, 0.25) is 0 Å². The van der Waals surface area contributed by atoms with E-state index >= 15 is 0 Å². The third kappa shape index (κ3) is 2.70. The van der Waals surface area contributed by atoms with Crippen LogP contribution in [0.5, 0.6) is 11.5 Å². The van der Waals surface area contributed by atoms with Gasteiger partial charge in [0, 0.05) is 5.33 Å². The molecule has 0 radical (unpaired) electrons. The van der Waals surface area contributed by atoms with Gasteiger partial charge in [-0.25, -0.2) is 4.39 Å². The summed E-state index contributed by atoms with van der Waals surface area (Å²) in [5.74, 6) is -1.51. The number of aryl methyl sites for hydroxylation is 1. The number of benzene rings is 2. The average molecular weight is 313 g/mol. The highest BCUT2D eigenvalue weighted by molar-refractivity contribution is 9.08. The van der Waals surface area contributed by atoms with Crippen LogP contribution in [-0.2, 0) is 5.33 Å². The first-order valence-electron chi connectivity index (χ1n) is 5.39. The maximum Gasteiger partial charge on any atom is 0.201 e. The van der Waals surface area contributed by atoms with Gasteiger partial charge in [-0.3, -0.25) is 0 Å². The van der Waals surface area contributed by atoms with Gasteiger partial charge < -0.3 is 4.74 Å². The lowest BCUT2D eigenvalue weighted by atomic mass is 10.1. The lowest BCUT2D eigenvalue weighted by Gasteiger charge is -2.09. The van der Waals surface area contributed by atoms with Crippen molar-refractivity contribution in [1.29, 1.82) is 0 Å². The molecule has 0 fully saturated rings. The topological polar surface area (TPSA) is 9.23 Å². The van der Waals surface area contributed by atoms with Crippen LogP contribution in [0.3, 0.4) is 0 Å². The molecule has 0 aliphatic rings. The van der Waals surface area contributed by atoms with Gasteiger partial charge in [-0.05, 0) is 42.3 Å². The molecule has 0 aromatic heterocycles. The lowest BCUT2D eigenvalue weighted by molar-refractivity contribution is 0.416. The Kier molecular flexibility index (Phi) is 3.97. The molecule has 2 rings (SSSR count). The van der Waals surface area contributed by atoms with Crippen molar-refractivity contribution in [2.24, 2.45) is 0 Å². The fraction of sp³-hybridized carbons (Fsp3) is 0.143. The van der Waals surface area contributed by atoms with Crippen LogP contribution in [0.1, 0.15) is 11.1 Å². The summed E-state index contributed by atoms with van der Waals surface area (Å²) in [5.41, 5.74) is 2.16. The number of alkyl halides is 1. The van der Waals surface area contributed by atoms with Gasteiger partial charge >= 0.3 is 0 Å². The molecule has 0 aliphatic carbocycles. The van der Waals surface area contributed by atoms with Gasteiger partial charge in [0.2, 0.25) is 5.82 Å². The van der Waals surface area contributed by atoms with Crippen LogP contribution in [-0.4, -0.2) is 0 Å².